The monoisotopic (exact) mass is 367 g/mol. The van der Waals surface area contributed by atoms with Crippen molar-refractivity contribution in [1.29, 1.82) is 0 Å². The predicted octanol–water partition coefficient (Wildman–Crippen LogP) is 3.88. The van der Waals surface area contributed by atoms with Crippen LogP contribution in [0.4, 0.5) is 5.69 Å². The van der Waals surface area contributed by atoms with E-state index in [0.717, 1.165) is 29.8 Å². The summed E-state index contributed by atoms with van der Waals surface area (Å²) in [4.78, 5) is 32.8. The van der Waals surface area contributed by atoms with Gasteiger partial charge in [0.15, 0.2) is 0 Å². The Morgan fingerprint density at radius 2 is 2.19 bits per heavy atom. The van der Waals surface area contributed by atoms with Gasteiger partial charge in [-0.1, -0.05) is 18.7 Å². The second kappa shape index (κ2) is 6.76. The van der Waals surface area contributed by atoms with Crippen molar-refractivity contribution in [3.8, 4) is 0 Å². The van der Waals surface area contributed by atoms with Gasteiger partial charge in [0.2, 0.25) is 0 Å². The van der Waals surface area contributed by atoms with Crippen LogP contribution in [0.2, 0.25) is 0 Å². The number of fused-ring (bicyclic) bond motifs is 2. The summed E-state index contributed by atoms with van der Waals surface area (Å²) < 4.78 is 0. The van der Waals surface area contributed by atoms with Crippen LogP contribution >= 0.6 is 11.8 Å². The summed E-state index contributed by atoms with van der Waals surface area (Å²) in [5.74, 6) is -0.0869. The molecule has 134 valence electrons. The molecule has 4 rings (SSSR count). The number of pyridine rings is 1. The number of nitrogens with one attached hydrogen (secondary N) is 1. The fourth-order valence-corrected chi connectivity index (χ4v) is 4.06. The van der Waals surface area contributed by atoms with Crippen molar-refractivity contribution in [1.82, 2.24) is 10.3 Å². The number of benzene rings is 1. The summed E-state index contributed by atoms with van der Waals surface area (Å²) in [6, 6.07) is 9.58. The summed E-state index contributed by atoms with van der Waals surface area (Å²) in [5, 5.41) is 3.69. The molecule has 0 saturated heterocycles. The number of nitrogens with zero attached hydrogens (tertiary/aromatic N) is 2. The number of aromatic nitrogens is 1. The first-order valence-corrected chi connectivity index (χ1v) is 9.81. The number of hydrogen-bond acceptors (Lipinski definition) is 4. The van der Waals surface area contributed by atoms with Crippen molar-refractivity contribution in [2.24, 2.45) is 0 Å². The number of carbonyl (C=O) groups excluding carboxylic acids is 2. The van der Waals surface area contributed by atoms with Crippen LogP contribution in [0, 0.1) is 0 Å². The zero-order valence-corrected chi connectivity index (χ0v) is 15.7. The van der Waals surface area contributed by atoms with Crippen LogP contribution in [0.3, 0.4) is 0 Å². The minimum absolute atomic E-state index is 0.00124. The molecule has 1 aromatic heterocycles. The van der Waals surface area contributed by atoms with Crippen LogP contribution in [-0.2, 0) is 0 Å². The molecular formula is C20H21N3O2S. The van der Waals surface area contributed by atoms with E-state index < -0.39 is 0 Å². The van der Waals surface area contributed by atoms with Gasteiger partial charge in [0.05, 0.1) is 11.3 Å². The first-order valence-electron chi connectivity index (χ1n) is 8.99. The van der Waals surface area contributed by atoms with Crippen molar-refractivity contribution >= 4 is 29.3 Å². The lowest BCUT2D eigenvalue weighted by Gasteiger charge is -2.23. The highest BCUT2D eigenvalue weighted by Crippen LogP contribution is 2.44. The van der Waals surface area contributed by atoms with Gasteiger partial charge >= 0.3 is 0 Å². The van der Waals surface area contributed by atoms with Gasteiger partial charge in [-0.15, -0.1) is 0 Å². The number of anilines is 1. The van der Waals surface area contributed by atoms with E-state index in [4.69, 9.17) is 0 Å². The Morgan fingerprint density at radius 3 is 2.92 bits per heavy atom. The molecule has 1 aromatic carbocycles. The molecule has 26 heavy (non-hydrogen) atoms. The average Bonchev–Trinajstić information content (AvgIpc) is 3.48. The van der Waals surface area contributed by atoms with E-state index in [-0.39, 0.29) is 23.9 Å². The van der Waals surface area contributed by atoms with Crippen molar-refractivity contribution < 1.29 is 9.59 Å². The predicted molar refractivity (Wildman–Crippen MR) is 102 cm³/mol. The van der Waals surface area contributed by atoms with E-state index in [0.29, 0.717) is 16.2 Å². The third-order valence-electron chi connectivity index (χ3n) is 4.81. The summed E-state index contributed by atoms with van der Waals surface area (Å²) in [6.07, 6.45) is 4.61. The van der Waals surface area contributed by atoms with Crippen LogP contribution < -0.4 is 10.2 Å². The molecule has 1 aliphatic carbocycles. The van der Waals surface area contributed by atoms with Crippen molar-refractivity contribution in [2.45, 2.75) is 55.1 Å². The molecule has 5 nitrogen and oxygen atoms in total. The SMILES string of the molecule is CC[C@@H](C)NC(=O)c1ccc2c(c1)Sc1ncccc1C(=O)N2C1CC1. The van der Waals surface area contributed by atoms with E-state index in [9.17, 15) is 9.59 Å². The highest BCUT2D eigenvalue weighted by Gasteiger charge is 2.38. The van der Waals surface area contributed by atoms with Crippen molar-refractivity contribution in [3.63, 3.8) is 0 Å². The van der Waals surface area contributed by atoms with Crippen molar-refractivity contribution in [3.05, 3.63) is 47.7 Å². The second-order valence-electron chi connectivity index (χ2n) is 6.83. The Hall–Kier alpha value is -2.34. The number of carbonyl (C=O) groups is 2. The fourth-order valence-electron chi connectivity index (χ4n) is 3.02. The lowest BCUT2D eigenvalue weighted by Crippen LogP contribution is -2.33. The minimum atomic E-state index is -0.0856. The van der Waals surface area contributed by atoms with E-state index in [1.54, 1.807) is 12.3 Å². The van der Waals surface area contributed by atoms with Crippen LogP contribution in [0.1, 0.15) is 53.8 Å². The third-order valence-corrected chi connectivity index (χ3v) is 5.88. The first-order chi connectivity index (χ1) is 12.6. The molecule has 0 radical (unpaired) electrons. The topological polar surface area (TPSA) is 62.3 Å². The van der Waals surface area contributed by atoms with Gasteiger partial charge in [-0.25, -0.2) is 4.98 Å². The maximum Gasteiger partial charge on any atom is 0.261 e. The Bertz CT molecular complexity index is 879. The molecule has 1 N–H and O–H groups in total. The normalized spacial score (nSPS) is 17.2. The van der Waals surface area contributed by atoms with Crippen LogP contribution in [-0.4, -0.2) is 28.9 Å². The molecule has 0 spiro atoms. The van der Waals surface area contributed by atoms with Gasteiger partial charge in [0.25, 0.3) is 11.8 Å². The standard InChI is InChI=1S/C20H21N3O2S/c1-3-12(2)22-18(24)13-6-9-16-17(11-13)26-19-15(5-4-10-21-19)20(25)23(16)14-7-8-14/h4-6,9-12,14H,3,7-8H2,1-2H3,(H,22,24)/t12-/m1/s1. The van der Waals surface area contributed by atoms with Gasteiger partial charge in [0, 0.05) is 28.7 Å². The highest BCUT2D eigenvalue weighted by molar-refractivity contribution is 7.99. The summed E-state index contributed by atoms with van der Waals surface area (Å²) in [5.41, 5.74) is 2.12. The lowest BCUT2D eigenvalue weighted by molar-refractivity contribution is 0.0938. The largest absolute Gasteiger partial charge is 0.350 e. The van der Waals surface area contributed by atoms with Crippen LogP contribution in [0.25, 0.3) is 0 Å². The first kappa shape index (κ1) is 17.1. The fraction of sp³-hybridized carbons (Fsp3) is 0.350. The Kier molecular flexibility index (Phi) is 4.44. The van der Waals surface area contributed by atoms with Gasteiger partial charge < -0.3 is 10.2 Å². The molecule has 6 heteroatoms. The van der Waals surface area contributed by atoms with Crippen LogP contribution in [0.5, 0.6) is 0 Å². The molecule has 1 fully saturated rings. The smallest absolute Gasteiger partial charge is 0.261 e. The molecule has 1 saturated carbocycles. The Labute approximate surface area is 157 Å². The molecule has 2 aromatic rings. The second-order valence-corrected chi connectivity index (χ2v) is 7.86. The van der Waals surface area contributed by atoms with E-state index >= 15 is 0 Å². The molecular weight excluding hydrogens is 346 g/mol. The molecule has 2 aliphatic rings. The van der Waals surface area contributed by atoms with Crippen molar-refractivity contribution in [2.75, 3.05) is 4.90 Å². The molecule has 0 bridgehead atoms. The van der Waals surface area contributed by atoms with E-state index in [1.165, 1.54) is 11.8 Å². The molecule has 2 heterocycles. The van der Waals surface area contributed by atoms with E-state index in [1.807, 2.05) is 43.0 Å². The summed E-state index contributed by atoms with van der Waals surface area (Å²) >= 11 is 1.46. The number of hydrogen-bond donors (Lipinski definition) is 1. The molecule has 2 amide bonds. The average molecular weight is 367 g/mol. The minimum Gasteiger partial charge on any atom is -0.350 e. The Morgan fingerprint density at radius 1 is 1.38 bits per heavy atom. The zero-order valence-electron chi connectivity index (χ0n) is 14.9. The molecule has 1 aliphatic heterocycles. The van der Waals surface area contributed by atoms with Gasteiger partial charge in [-0.05, 0) is 56.5 Å². The molecule has 0 unspecified atom stereocenters. The highest BCUT2D eigenvalue weighted by atomic mass is 32.2. The van der Waals surface area contributed by atoms with Gasteiger partial charge in [0.1, 0.15) is 5.03 Å². The number of rotatable bonds is 4. The lowest BCUT2D eigenvalue weighted by atomic mass is 10.1. The zero-order chi connectivity index (χ0) is 18.3. The van der Waals surface area contributed by atoms with Gasteiger partial charge in [-0.3, -0.25) is 9.59 Å². The summed E-state index contributed by atoms with van der Waals surface area (Å²) in [6.45, 7) is 4.03. The summed E-state index contributed by atoms with van der Waals surface area (Å²) in [7, 11) is 0. The van der Waals surface area contributed by atoms with Crippen LogP contribution in [0.15, 0.2) is 46.5 Å². The third kappa shape index (κ3) is 3.09. The quantitative estimate of drug-likeness (QED) is 0.891. The maximum absolute atomic E-state index is 13.1. The Balaban J connectivity index is 1.76. The maximum atomic E-state index is 13.1. The van der Waals surface area contributed by atoms with Gasteiger partial charge in [-0.2, -0.15) is 0 Å². The molecule has 1 atom stereocenters. The van der Waals surface area contributed by atoms with E-state index in [2.05, 4.69) is 10.3 Å². The number of amides is 2.